The Morgan fingerprint density at radius 2 is 1.71 bits per heavy atom. The zero-order valence-electron chi connectivity index (χ0n) is 6.94. The summed E-state index contributed by atoms with van der Waals surface area (Å²) in [7, 11) is 0. The van der Waals surface area contributed by atoms with Crippen LogP contribution in [0, 0.1) is 11.6 Å². The third-order valence-corrected chi connectivity index (χ3v) is 2.04. The Kier molecular flexibility index (Phi) is 5.48. The first kappa shape index (κ1) is 13.7. The molecular formula is C8H8BrClF3N. The lowest BCUT2D eigenvalue weighted by Gasteiger charge is -2.10. The van der Waals surface area contributed by atoms with Crippen molar-refractivity contribution in [3.05, 3.63) is 33.8 Å². The van der Waals surface area contributed by atoms with Crippen LogP contribution in [0.4, 0.5) is 13.2 Å². The van der Waals surface area contributed by atoms with Crippen LogP contribution in [0.3, 0.4) is 0 Å². The Labute approximate surface area is 94.0 Å². The highest BCUT2D eigenvalue weighted by Crippen LogP contribution is 2.23. The molecule has 1 aromatic carbocycles. The number of benzene rings is 1. The van der Waals surface area contributed by atoms with Crippen LogP contribution in [0.1, 0.15) is 11.6 Å². The van der Waals surface area contributed by atoms with Crippen molar-refractivity contribution in [1.82, 2.24) is 0 Å². The van der Waals surface area contributed by atoms with E-state index in [-0.39, 0.29) is 16.9 Å². The Bertz CT molecular complexity index is 298. The molecule has 1 atom stereocenters. The number of hydrogen-bond acceptors (Lipinski definition) is 1. The number of hydrogen-bond donors (Lipinski definition) is 1. The predicted octanol–water partition coefficient (Wildman–Crippen LogP) is 3.12. The molecule has 0 amide bonds. The maximum Gasteiger partial charge on any atom is 0.132 e. The largest absolute Gasteiger partial charge is 0.322 e. The van der Waals surface area contributed by atoms with E-state index in [0.29, 0.717) is 0 Å². The maximum atomic E-state index is 13.0. The quantitative estimate of drug-likeness (QED) is 0.890. The second kappa shape index (κ2) is 5.58. The first-order valence-corrected chi connectivity index (χ1v) is 4.31. The predicted molar refractivity (Wildman–Crippen MR) is 54.2 cm³/mol. The fraction of sp³-hybridized carbons (Fsp3) is 0.250. The lowest BCUT2D eigenvalue weighted by atomic mass is 10.1. The molecule has 1 aromatic rings. The van der Waals surface area contributed by atoms with Crippen molar-refractivity contribution in [2.75, 3.05) is 6.67 Å². The van der Waals surface area contributed by atoms with Gasteiger partial charge in [-0.25, -0.2) is 13.2 Å². The van der Waals surface area contributed by atoms with Gasteiger partial charge in [0.25, 0.3) is 0 Å². The summed E-state index contributed by atoms with van der Waals surface area (Å²) in [4.78, 5) is 0. The van der Waals surface area contributed by atoms with Gasteiger partial charge in [-0.2, -0.15) is 0 Å². The SMILES string of the molecule is Cl.N[C@@H](CF)c1c(F)cc(Br)cc1F. The van der Waals surface area contributed by atoms with Crippen LogP contribution in [-0.4, -0.2) is 6.67 Å². The molecule has 0 saturated carbocycles. The van der Waals surface area contributed by atoms with Gasteiger partial charge in [0.15, 0.2) is 0 Å². The van der Waals surface area contributed by atoms with Crippen molar-refractivity contribution < 1.29 is 13.2 Å². The van der Waals surface area contributed by atoms with Crippen LogP contribution >= 0.6 is 28.3 Å². The summed E-state index contributed by atoms with van der Waals surface area (Å²) in [5.41, 5.74) is 4.76. The van der Waals surface area contributed by atoms with Gasteiger partial charge in [0.05, 0.1) is 6.04 Å². The van der Waals surface area contributed by atoms with Crippen molar-refractivity contribution >= 4 is 28.3 Å². The number of halogens is 5. The summed E-state index contributed by atoms with van der Waals surface area (Å²) in [6.07, 6.45) is 0. The second-order valence-corrected chi connectivity index (χ2v) is 3.46. The van der Waals surface area contributed by atoms with Crippen LogP contribution in [0.5, 0.6) is 0 Å². The van der Waals surface area contributed by atoms with Crippen molar-refractivity contribution in [1.29, 1.82) is 0 Å². The highest BCUT2D eigenvalue weighted by atomic mass is 79.9. The van der Waals surface area contributed by atoms with Gasteiger partial charge in [-0.05, 0) is 12.1 Å². The summed E-state index contributed by atoms with van der Waals surface area (Å²) in [6.45, 7) is -0.991. The van der Waals surface area contributed by atoms with Gasteiger partial charge in [-0.1, -0.05) is 15.9 Å². The summed E-state index contributed by atoms with van der Waals surface area (Å²) in [5.74, 6) is -1.67. The normalized spacial score (nSPS) is 12.1. The molecule has 0 bridgehead atoms. The molecule has 0 fully saturated rings. The van der Waals surface area contributed by atoms with Gasteiger partial charge in [-0.15, -0.1) is 12.4 Å². The van der Waals surface area contributed by atoms with Crippen molar-refractivity contribution in [3.63, 3.8) is 0 Å². The van der Waals surface area contributed by atoms with E-state index in [1.807, 2.05) is 0 Å². The number of alkyl halides is 1. The van der Waals surface area contributed by atoms with Crippen LogP contribution in [-0.2, 0) is 0 Å². The van der Waals surface area contributed by atoms with Gasteiger partial charge in [0.1, 0.15) is 18.3 Å². The van der Waals surface area contributed by atoms with Crippen molar-refractivity contribution in [2.24, 2.45) is 5.73 Å². The first-order chi connectivity index (χ1) is 6.06. The molecule has 6 heteroatoms. The fourth-order valence-corrected chi connectivity index (χ4v) is 1.39. The minimum Gasteiger partial charge on any atom is -0.322 e. The molecule has 1 nitrogen and oxygen atoms in total. The molecule has 0 heterocycles. The van der Waals surface area contributed by atoms with E-state index in [4.69, 9.17) is 5.73 Å². The Balaban J connectivity index is 0.00000169. The first-order valence-electron chi connectivity index (χ1n) is 3.52. The molecule has 0 radical (unpaired) electrons. The third kappa shape index (κ3) is 2.87. The van der Waals surface area contributed by atoms with E-state index < -0.39 is 29.9 Å². The van der Waals surface area contributed by atoms with E-state index >= 15 is 0 Å². The molecule has 0 aromatic heterocycles. The van der Waals surface area contributed by atoms with Crippen LogP contribution in [0.25, 0.3) is 0 Å². The number of rotatable bonds is 2. The van der Waals surface area contributed by atoms with Crippen molar-refractivity contribution in [3.8, 4) is 0 Å². The summed E-state index contributed by atoms with van der Waals surface area (Å²) in [6, 6.07) is 0.857. The second-order valence-electron chi connectivity index (χ2n) is 2.54. The van der Waals surface area contributed by atoms with E-state index in [0.717, 1.165) is 12.1 Å². The summed E-state index contributed by atoms with van der Waals surface area (Å²) in [5, 5.41) is 0. The topological polar surface area (TPSA) is 26.0 Å². The van der Waals surface area contributed by atoms with Gasteiger partial charge in [0, 0.05) is 10.0 Å². The van der Waals surface area contributed by atoms with Gasteiger partial charge in [-0.3, -0.25) is 0 Å². The molecule has 0 aliphatic rings. The van der Waals surface area contributed by atoms with Gasteiger partial charge < -0.3 is 5.73 Å². The van der Waals surface area contributed by atoms with E-state index in [9.17, 15) is 13.2 Å². The van der Waals surface area contributed by atoms with E-state index in [1.54, 1.807) is 0 Å². The Hall–Kier alpha value is -0.260. The third-order valence-electron chi connectivity index (χ3n) is 1.58. The molecule has 80 valence electrons. The van der Waals surface area contributed by atoms with Gasteiger partial charge >= 0.3 is 0 Å². The lowest BCUT2D eigenvalue weighted by molar-refractivity contribution is 0.413. The minimum absolute atomic E-state index is 0. The molecule has 0 saturated heterocycles. The zero-order valence-corrected chi connectivity index (χ0v) is 9.34. The van der Waals surface area contributed by atoms with Crippen LogP contribution < -0.4 is 5.73 Å². The fourth-order valence-electron chi connectivity index (χ4n) is 0.985. The van der Waals surface area contributed by atoms with E-state index in [1.165, 1.54) is 0 Å². The molecule has 14 heavy (non-hydrogen) atoms. The molecule has 0 aliphatic heterocycles. The minimum atomic E-state index is -1.24. The highest BCUT2D eigenvalue weighted by molar-refractivity contribution is 9.10. The molecule has 0 unspecified atom stereocenters. The van der Waals surface area contributed by atoms with Crippen LogP contribution in [0.2, 0.25) is 0 Å². The maximum absolute atomic E-state index is 13.0. The molecule has 0 spiro atoms. The van der Waals surface area contributed by atoms with E-state index in [2.05, 4.69) is 15.9 Å². The molecule has 1 rings (SSSR count). The lowest BCUT2D eigenvalue weighted by Crippen LogP contribution is -2.16. The average molecular weight is 291 g/mol. The van der Waals surface area contributed by atoms with Crippen LogP contribution in [0.15, 0.2) is 16.6 Å². The summed E-state index contributed by atoms with van der Waals surface area (Å²) >= 11 is 2.90. The molecular weight excluding hydrogens is 282 g/mol. The monoisotopic (exact) mass is 289 g/mol. The highest BCUT2D eigenvalue weighted by Gasteiger charge is 2.17. The molecule has 0 aliphatic carbocycles. The average Bonchev–Trinajstić information content (AvgIpc) is 2.02. The van der Waals surface area contributed by atoms with Gasteiger partial charge in [0.2, 0.25) is 0 Å². The number of nitrogens with two attached hydrogens (primary N) is 1. The smallest absolute Gasteiger partial charge is 0.132 e. The Morgan fingerprint density at radius 3 is 2.07 bits per heavy atom. The Morgan fingerprint density at radius 1 is 1.29 bits per heavy atom. The molecule has 2 N–H and O–H groups in total. The van der Waals surface area contributed by atoms with Crippen molar-refractivity contribution in [2.45, 2.75) is 6.04 Å². The standard InChI is InChI=1S/C8H7BrF3N.ClH/c9-4-1-5(11)8(6(12)2-4)7(13)3-10;/h1-2,7H,3,13H2;1H/t7-;/m0./s1. The summed E-state index contributed by atoms with van der Waals surface area (Å²) < 4.78 is 38.4. The zero-order chi connectivity index (χ0) is 10.0.